The fourth-order valence-corrected chi connectivity index (χ4v) is 1.37. The van der Waals surface area contributed by atoms with E-state index in [4.69, 9.17) is 5.11 Å². The van der Waals surface area contributed by atoms with Gasteiger partial charge in [-0.1, -0.05) is 6.07 Å². The fourth-order valence-electron chi connectivity index (χ4n) is 1.37. The third kappa shape index (κ3) is 1.40. The molecule has 1 heterocycles. The first-order valence-electron chi connectivity index (χ1n) is 4.31. The lowest BCUT2D eigenvalue weighted by Crippen LogP contribution is -2.11. The Balaban J connectivity index is 2.84. The number of hydrogen-bond donors (Lipinski definition) is 2. The lowest BCUT2D eigenvalue weighted by molar-refractivity contribution is 0.271. The van der Waals surface area contributed by atoms with Crippen molar-refractivity contribution in [3.05, 3.63) is 39.9 Å². The molecule has 0 bridgehead atoms. The van der Waals surface area contributed by atoms with Gasteiger partial charge < -0.3 is 10.1 Å². The van der Waals surface area contributed by atoms with E-state index in [9.17, 15) is 4.79 Å². The molecule has 72 valence electrons. The molecule has 4 nitrogen and oxygen atoms in total. The molecule has 0 atom stereocenters. The zero-order chi connectivity index (χ0) is 10.1. The molecule has 0 saturated heterocycles. The summed E-state index contributed by atoms with van der Waals surface area (Å²) >= 11 is 0. The molecule has 14 heavy (non-hydrogen) atoms. The van der Waals surface area contributed by atoms with E-state index in [1.165, 1.54) is 0 Å². The molecule has 0 aliphatic rings. The van der Waals surface area contributed by atoms with Gasteiger partial charge in [0.2, 0.25) is 0 Å². The van der Waals surface area contributed by atoms with Crippen LogP contribution in [0, 0.1) is 6.92 Å². The van der Waals surface area contributed by atoms with Crippen molar-refractivity contribution in [2.75, 3.05) is 0 Å². The Morgan fingerprint density at radius 2 is 2.29 bits per heavy atom. The number of nitrogens with one attached hydrogen (secondary N) is 1. The minimum Gasteiger partial charge on any atom is -0.388 e. The summed E-state index contributed by atoms with van der Waals surface area (Å²) in [5, 5.41) is 9.41. The minimum absolute atomic E-state index is 0.209. The minimum atomic E-state index is -0.251. The molecule has 0 fully saturated rings. The number of nitrogens with zero attached hydrogens (tertiary/aromatic N) is 1. The van der Waals surface area contributed by atoms with Crippen LogP contribution in [0.5, 0.6) is 0 Å². The highest BCUT2D eigenvalue weighted by Gasteiger charge is 2.02. The molecule has 0 aliphatic carbocycles. The molecular weight excluding hydrogens is 180 g/mol. The highest BCUT2D eigenvalue weighted by Crippen LogP contribution is 2.09. The lowest BCUT2D eigenvalue weighted by Gasteiger charge is -2.00. The molecule has 0 spiro atoms. The Morgan fingerprint density at radius 3 is 3.00 bits per heavy atom. The number of aromatic amines is 1. The van der Waals surface area contributed by atoms with Gasteiger partial charge in [0.05, 0.1) is 10.9 Å². The van der Waals surface area contributed by atoms with Crippen LogP contribution in [0.2, 0.25) is 0 Å². The number of H-pyrrole nitrogens is 1. The van der Waals surface area contributed by atoms with E-state index in [0.29, 0.717) is 16.7 Å². The van der Waals surface area contributed by atoms with Gasteiger partial charge in [-0.2, -0.15) is 0 Å². The molecule has 1 aromatic carbocycles. The van der Waals surface area contributed by atoms with Gasteiger partial charge >= 0.3 is 0 Å². The normalized spacial score (nSPS) is 10.7. The van der Waals surface area contributed by atoms with Crippen molar-refractivity contribution in [1.29, 1.82) is 0 Å². The molecule has 2 rings (SSSR count). The largest absolute Gasteiger partial charge is 0.388 e. The molecule has 2 aromatic rings. The Bertz CT molecular complexity index is 531. The average molecular weight is 190 g/mol. The van der Waals surface area contributed by atoms with E-state index in [1.54, 1.807) is 6.07 Å². The number of aromatic nitrogens is 2. The molecule has 1 aromatic heterocycles. The van der Waals surface area contributed by atoms with Gasteiger partial charge in [0.15, 0.2) is 0 Å². The van der Waals surface area contributed by atoms with Crippen molar-refractivity contribution in [3.63, 3.8) is 0 Å². The Kier molecular flexibility index (Phi) is 2.05. The summed E-state index contributed by atoms with van der Waals surface area (Å²) in [6.07, 6.45) is 0. The number of aliphatic hydroxyl groups excluding tert-OH is 1. The summed E-state index contributed by atoms with van der Waals surface area (Å²) in [7, 11) is 0. The number of aliphatic hydroxyl groups is 1. The molecule has 2 N–H and O–H groups in total. The van der Waals surface area contributed by atoms with Crippen LogP contribution in [-0.2, 0) is 6.61 Å². The van der Waals surface area contributed by atoms with Crippen molar-refractivity contribution in [3.8, 4) is 0 Å². The number of hydrogen-bond acceptors (Lipinski definition) is 3. The highest BCUT2D eigenvalue weighted by atomic mass is 16.3. The Labute approximate surface area is 80.2 Å². The molecule has 0 saturated carbocycles. The number of fused-ring (bicyclic) bond motifs is 1. The van der Waals surface area contributed by atoms with Gasteiger partial charge in [0.1, 0.15) is 12.4 Å². The van der Waals surface area contributed by atoms with Gasteiger partial charge in [-0.15, -0.1) is 0 Å². The smallest absolute Gasteiger partial charge is 0.258 e. The van der Waals surface area contributed by atoms with Gasteiger partial charge in [-0.3, -0.25) is 4.79 Å². The second-order valence-corrected chi connectivity index (χ2v) is 3.19. The van der Waals surface area contributed by atoms with Gasteiger partial charge in [-0.25, -0.2) is 4.98 Å². The zero-order valence-electron chi connectivity index (χ0n) is 7.74. The van der Waals surface area contributed by atoms with Gasteiger partial charge in [0.25, 0.3) is 5.56 Å². The Hall–Kier alpha value is -1.68. The highest BCUT2D eigenvalue weighted by molar-refractivity contribution is 5.78. The van der Waals surface area contributed by atoms with E-state index in [-0.39, 0.29) is 12.2 Å². The molecule has 0 radical (unpaired) electrons. The van der Waals surface area contributed by atoms with Crippen molar-refractivity contribution < 1.29 is 5.11 Å². The maximum absolute atomic E-state index is 11.5. The maximum atomic E-state index is 11.5. The number of rotatable bonds is 1. The van der Waals surface area contributed by atoms with Crippen LogP contribution in [0.4, 0.5) is 0 Å². The first-order chi connectivity index (χ1) is 6.70. The van der Waals surface area contributed by atoms with E-state index >= 15 is 0 Å². The van der Waals surface area contributed by atoms with Crippen LogP contribution < -0.4 is 5.56 Å². The fraction of sp³-hybridized carbons (Fsp3) is 0.200. The van der Waals surface area contributed by atoms with Gasteiger partial charge in [0, 0.05) is 0 Å². The van der Waals surface area contributed by atoms with Crippen molar-refractivity contribution in [2.24, 2.45) is 0 Å². The molecule has 0 unspecified atom stereocenters. The van der Waals surface area contributed by atoms with Crippen LogP contribution >= 0.6 is 0 Å². The summed E-state index contributed by atoms with van der Waals surface area (Å²) in [5.74, 6) is 0.299. The SMILES string of the molecule is Cc1ccc2c(=O)[nH]c(CO)nc2c1. The maximum Gasteiger partial charge on any atom is 0.258 e. The van der Waals surface area contributed by atoms with E-state index < -0.39 is 0 Å². The summed E-state index contributed by atoms with van der Waals surface area (Å²) in [4.78, 5) is 18.1. The molecular formula is C10H10N2O2. The van der Waals surface area contributed by atoms with Crippen molar-refractivity contribution in [1.82, 2.24) is 9.97 Å². The topological polar surface area (TPSA) is 66.0 Å². The second-order valence-electron chi connectivity index (χ2n) is 3.19. The number of benzene rings is 1. The van der Waals surface area contributed by atoms with E-state index in [0.717, 1.165) is 5.56 Å². The van der Waals surface area contributed by atoms with Gasteiger partial charge in [-0.05, 0) is 24.6 Å². The second kappa shape index (κ2) is 3.23. The predicted octanol–water partition coefficient (Wildman–Crippen LogP) is 0.724. The third-order valence-electron chi connectivity index (χ3n) is 2.06. The van der Waals surface area contributed by atoms with Crippen molar-refractivity contribution >= 4 is 10.9 Å². The standard InChI is InChI=1S/C10H10N2O2/c1-6-2-3-7-8(4-6)11-9(5-13)12-10(7)14/h2-4,13H,5H2,1H3,(H,11,12,14). The number of aryl methyl sites for hydroxylation is 1. The van der Waals surface area contributed by atoms with Crippen LogP contribution in [0.15, 0.2) is 23.0 Å². The van der Waals surface area contributed by atoms with Crippen molar-refractivity contribution in [2.45, 2.75) is 13.5 Å². The van der Waals surface area contributed by atoms with Crippen LogP contribution in [0.1, 0.15) is 11.4 Å². The molecule has 0 amide bonds. The summed E-state index contributed by atoms with van der Waals surface area (Å²) in [6, 6.07) is 5.42. The average Bonchev–Trinajstić information content (AvgIpc) is 2.16. The quantitative estimate of drug-likeness (QED) is 0.696. The molecule has 0 aliphatic heterocycles. The third-order valence-corrected chi connectivity index (χ3v) is 2.06. The summed E-state index contributed by atoms with van der Waals surface area (Å²) in [5.41, 5.74) is 1.45. The summed E-state index contributed by atoms with van der Waals surface area (Å²) < 4.78 is 0. The predicted molar refractivity (Wildman–Crippen MR) is 53.0 cm³/mol. The first-order valence-corrected chi connectivity index (χ1v) is 4.31. The lowest BCUT2D eigenvalue weighted by atomic mass is 10.2. The van der Waals surface area contributed by atoms with Crippen LogP contribution in [0.25, 0.3) is 10.9 Å². The first kappa shape index (κ1) is 8.90. The summed E-state index contributed by atoms with van der Waals surface area (Å²) in [6.45, 7) is 1.68. The van der Waals surface area contributed by atoms with E-state index in [1.807, 2.05) is 19.1 Å². The zero-order valence-corrected chi connectivity index (χ0v) is 7.74. The van der Waals surface area contributed by atoms with Crippen LogP contribution in [0.3, 0.4) is 0 Å². The van der Waals surface area contributed by atoms with E-state index in [2.05, 4.69) is 9.97 Å². The Morgan fingerprint density at radius 1 is 1.50 bits per heavy atom. The molecule has 4 heteroatoms. The van der Waals surface area contributed by atoms with Crippen LogP contribution in [-0.4, -0.2) is 15.1 Å². The monoisotopic (exact) mass is 190 g/mol.